The highest BCUT2D eigenvalue weighted by atomic mass is 16.7. The molecule has 3 aliphatic rings. The van der Waals surface area contributed by atoms with Gasteiger partial charge < -0.3 is 14.6 Å². The molecule has 0 aromatic rings. The summed E-state index contributed by atoms with van der Waals surface area (Å²) in [7, 11) is 0. The van der Waals surface area contributed by atoms with E-state index >= 15 is 0 Å². The number of esters is 1. The van der Waals surface area contributed by atoms with Gasteiger partial charge in [-0.15, -0.1) is 0 Å². The van der Waals surface area contributed by atoms with Gasteiger partial charge in [0.2, 0.25) is 6.29 Å². The summed E-state index contributed by atoms with van der Waals surface area (Å²) < 4.78 is 10.6. The van der Waals surface area contributed by atoms with Gasteiger partial charge in [0.1, 0.15) is 0 Å². The first kappa shape index (κ1) is 19.4. The Labute approximate surface area is 156 Å². The van der Waals surface area contributed by atoms with E-state index < -0.39 is 6.29 Å². The van der Waals surface area contributed by atoms with Gasteiger partial charge in [-0.25, -0.2) is 4.79 Å². The highest BCUT2D eigenvalue weighted by Crippen LogP contribution is 2.61. The number of carbonyl (C=O) groups excluding carboxylic acids is 1. The Balaban J connectivity index is 1.87. The average molecular weight is 360 g/mol. The minimum atomic E-state index is -0.583. The molecule has 5 atom stereocenters. The SMILES string of the molecule is C=C1C[C@@H](O)[C@H]2C(C)(C)CCC[C@]2(C)[C@H]1/C=C/C1=CC(OCC)OC1=O. The third-order valence-corrected chi connectivity index (χ3v) is 6.67. The van der Waals surface area contributed by atoms with Crippen LogP contribution >= 0.6 is 0 Å². The highest BCUT2D eigenvalue weighted by molar-refractivity contribution is 5.93. The predicted molar refractivity (Wildman–Crippen MR) is 101 cm³/mol. The minimum Gasteiger partial charge on any atom is -0.428 e. The molecule has 4 heteroatoms. The zero-order valence-corrected chi connectivity index (χ0v) is 16.5. The second kappa shape index (κ2) is 6.97. The van der Waals surface area contributed by atoms with E-state index in [1.807, 2.05) is 13.0 Å². The van der Waals surface area contributed by atoms with E-state index in [-0.39, 0.29) is 34.7 Å². The van der Waals surface area contributed by atoms with E-state index in [0.717, 1.165) is 24.8 Å². The van der Waals surface area contributed by atoms with Gasteiger partial charge in [0.15, 0.2) is 0 Å². The number of aliphatic hydroxyl groups excluding tert-OH is 1. The Morgan fingerprint density at radius 3 is 2.81 bits per heavy atom. The Kier molecular flexibility index (Phi) is 5.19. The van der Waals surface area contributed by atoms with Crippen molar-refractivity contribution >= 4 is 5.97 Å². The van der Waals surface area contributed by atoms with Crippen molar-refractivity contribution in [2.45, 2.75) is 65.8 Å². The van der Waals surface area contributed by atoms with E-state index in [9.17, 15) is 9.90 Å². The first-order valence-electron chi connectivity index (χ1n) is 9.77. The number of rotatable bonds is 4. The topological polar surface area (TPSA) is 55.8 Å². The molecule has 0 aromatic carbocycles. The molecule has 3 rings (SSSR count). The largest absolute Gasteiger partial charge is 0.428 e. The summed E-state index contributed by atoms with van der Waals surface area (Å²) in [4.78, 5) is 12.0. The molecule has 1 unspecified atom stereocenters. The van der Waals surface area contributed by atoms with E-state index in [2.05, 4.69) is 33.4 Å². The van der Waals surface area contributed by atoms with E-state index in [4.69, 9.17) is 9.47 Å². The van der Waals surface area contributed by atoms with Crippen molar-refractivity contribution in [1.82, 2.24) is 0 Å². The van der Waals surface area contributed by atoms with Crippen molar-refractivity contribution in [3.63, 3.8) is 0 Å². The molecule has 2 aliphatic carbocycles. The lowest BCUT2D eigenvalue weighted by Crippen LogP contribution is -2.55. The molecule has 0 bridgehead atoms. The Bertz CT molecular complexity index is 645. The molecule has 0 amide bonds. The summed E-state index contributed by atoms with van der Waals surface area (Å²) in [5, 5.41) is 10.8. The van der Waals surface area contributed by atoms with Gasteiger partial charge in [0, 0.05) is 12.5 Å². The van der Waals surface area contributed by atoms with Gasteiger partial charge in [-0.2, -0.15) is 0 Å². The molecule has 0 saturated heterocycles. The Hall–Kier alpha value is -1.39. The monoisotopic (exact) mass is 360 g/mol. The predicted octanol–water partition coefficient (Wildman–Crippen LogP) is 4.16. The standard InChI is InChI=1S/C22H32O4/c1-6-25-18-13-15(20(24)26-18)8-9-16-14(2)12-17(23)19-21(3,4)10-7-11-22(16,19)5/h8-9,13,16-19,23H,2,6-7,10-12H2,1,3-5H3/b9-8+/t16-,17+,18?,19-,22+/m0/s1. The fourth-order valence-corrected chi connectivity index (χ4v) is 5.77. The summed E-state index contributed by atoms with van der Waals surface area (Å²) in [6.07, 6.45) is 8.75. The van der Waals surface area contributed by atoms with Crippen LogP contribution in [0.1, 0.15) is 53.4 Å². The second-order valence-corrected chi connectivity index (χ2v) is 8.94. The van der Waals surface area contributed by atoms with Crippen molar-refractivity contribution in [3.8, 4) is 0 Å². The van der Waals surface area contributed by atoms with E-state index in [1.165, 1.54) is 0 Å². The van der Waals surface area contributed by atoms with Crippen LogP contribution in [0.15, 0.2) is 36.0 Å². The molecule has 1 heterocycles. The third-order valence-electron chi connectivity index (χ3n) is 6.67. The molecule has 144 valence electrons. The van der Waals surface area contributed by atoms with Crippen LogP contribution < -0.4 is 0 Å². The molecule has 4 nitrogen and oxygen atoms in total. The zero-order valence-electron chi connectivity index (χ0n) is 16.5. The van der Waals surface area contributed by atoms with Crippen LogP contribution in [0.25, 0.3) is 0 Å². The molecule has 0 aromatic heterocycles. The van der Waals surface area contributed by atoms with Crippen LogP contribution in [-0.2, 0) is 14.3 Å². The summed E-state index contributed by atoms with van der Waals surface area (Å²) in [5.41, 5.74) is 1.65. The summed E-state index contributed by atoms with van der Waals surface area (Å²) in [6.45, 7) is 13.5. The lowest BCUT2D eigenvalue weighted by molar-refractivity contribution is -0.157. The second-order valence-electron chi connectivity index (χ2n) is 8.94. The normalized spacial score (nSPS) is 39.7. The molecule has 26 heavy (non-hydrogen) atoms. The lowest BCUT2D eigenvalue weighted by atomic mass is 9.47. The third kappa shape index (κ3) is 3.29. The molecule has 2 saturated carbocycles. The summed E-state index contributed by atoms with van der Waals surface area (Å²) >= 11 is 0. The number of hydrogen-bond acceptors (Lipinski definition) is 4. The fraction of sp³-hybridized carbons (Fsp3) is 0.682. The number of ether oxygens (including phenoxy) is 2. The van der Waals surface area contributed by atoms with Crippen molar-refractivity contribution in [1.29, 1.82) is 0 Å². The highest BCUT2D eigenvalue weighted by Gasteiger charge is 2.55. The molecular weight excluding hydrogens is 328 g/mol. The van der Waals surface area contributed by atoms with Crippen LogP contribution in [0, 0.1) is 22.7 Å². The van der Waals surface area contributed by atoms with Crippen LogP contribution in [0.5, 0.6) is 0 Å². The van der Waals surface area contributed by atoms with Crippen molar-refractivity contribution in [2.75, 3.05) is 6.61 Å². The zero-order chi connectivity index (χ0) is 19.1. The number of allylic oxidation sites excluding steroid dienone is 1. The van der Waals surface area contributed by atoms with Gasteiger partial charge in [-0.3, -0.25) is 0 Å². The minimum absolute atomic E-state index is 0.0462. The summed E-state index contributed by atoms with van der Waals surface area (Å²) in [6, 6.07) is 0. The van der Waals surface area contributed by atoms with Gasteiger partial charge >= 0.3 is 5.97 Å². The molecule has 0 spiro atoms. The van der Waals surface area contributed by atoms with Gasteiger partial charge in [-0.1, -0.05) is 51.5 Å². The molecule has 1 aliphatic heterocycles. The average Bonchev–Trinajstić information content (AvgIpc) is 2.85. The Morgan fingerprint density at radius 1 is 1.38 bits per heavy atom. The van der Waals surface area contributed by atoms with Crippen LogP contribution in [0.4, 0.5) is 0 Å². The molecule has 2 fully saturated rings. The fourth-order valence-electron chi connectivity index (χ4n) is 5.77. The smallest absolute Gasteiger partial charge is 0.340 e. The first-order chi connectivity index (χ1) is 12.2. The van der Waals surface area contributed by atoms with Crippen molar-refractivity contribution in [2.24, 2.45) is 22.7 Å². The first-order valence-corrected chi connectivity index (χ1v) is 9.77. The maximum absolute atomic E-state index is 12.0. The molecule has 1 N–H and O–H groups in total. The van der Waals surface area contributed by atoms with E-state index in [0.29, 0.717) is 18.6 Å². The number of aliphatic hydroxyl groups is 1. The lowest BCUT2D eigenvalue weighted by Gasteiger charge is -2.59. The van der Waals surface area contributed by atoms with Gasteiger partial charge in [0.05, 0.1) is 11.7 Å². The quantitative estimate of drug-likeness (QED) is 0.604. The number of cyclic esters (lactones) is 1. The van der Waals surface area contributed by atoms with Gasteiger partial charge in [0.25, 0.3) is 0 Å². The van der Waals surface area contributed by atoms with E-state index in [1.54, 1.807) is 6.08 Å². The van der Waals surface area contributed by atoms with Crippen molar-refractivity contribution < 1.29 is 19.4 Å². The number of fused-ring (bicyclic) bond motifs is 1. The number of carbonyl (C=O) groups is 1. The van der Waals surface area contributed by atoms with Crippen LogP contribution in [-0.4, -0.2) is 30.1 Å². The van der Waals surface area contributed by atoms with Crippen molar-refractivity contribution in [3.05, 3.63) is 36.0 Å². The van der Waals surface area contributed by atoms with Crippen LogP contribution in [0.2, 0.25) is 0 Å². The summed E-state index contributed by atoms with van der Waals surface area (Å²) in [5.74, 6) is 0.0340. The Morgan fingerprint density at radius 2 is 2.12 bits per heavy atom. The maximum Gasteiger partial charge on any atom is 0.340 e. The molecular formula is C22H32O4. The molecule has 0 radical (unpaired) electrons. The number of hydrogen-bond donors (Lipinski definition) is 1. The van der Waals surface area contributed by atoms with Crippen LogP contribution in [0.3, 0.4) is 0 Å². The van der Waals surface area contributed by atoms with Gasteiger partial charge in [-0.05, 0) is 49.0 Å². The maximum atomic E-state index is 12.0.